The van der Waals surface area contributed by atoms with Crippen LogP contribution in [0.4, 0.5) is 5.95 Å². The Morgan fingerprint density at radius 2 is 2.12 bits per heavy atom. The summed E-state index contributed by atoms with van der Waals surface area (Å²) in [7, 11) is 0. The standard InChI is InChI=1S/C12H20N4/c1-10-4-2-3-7-16(10)12-14-8-11(5-6-13)9-15-12/h8-10H,2-7,13H2,1H3. The third-order valence-electron chi connectivity index (χ3n) is 3.18. The van der Waals surface area contributed by atoms with Crippen LogP contribution in [0.15, 0.2) is 12.4 Å². The summed E-state index contributed by atoms with van der Waals surface area (Å²) >= 11 is 0. The topological polar surface area (TPSA) is 55.0 Å². The summed E-state index contributed by atoms with van der Waals surface area (Å²) in [5.41, 5.74) is 6.62. The van der Waals surface area contributed by atoms with Crippen LogP contribution in [0.25, 0.3) is 0 Å². The van der Waals surface area contributed by atoms with Crippen LogP contribution in [-0.2, 0) is 6.42 Å². The Bertz CT molecular complexity index is 322. The second-order valence-corrected chi connectivity index (χ2v) is 4.47. The van der Waals surface area contributed by atoms with Gasteiger partial charge in [-0.1, -0.05) is 0 Å². The fourth-order valence-corrected chi connectivity index (χ4v) is 2.19. The molecule has 0 saturated carbocycles. The zero-order valence-corrected chi connectivity index (χ0v) is 9.89. The zero-order chi connectivity index (χ0) is 11.4. The molecule has 0 aromatic carbocycles. The van der Waals surface area contributed by atoms with Crippen LogP contribution in [0.5, 0.6) is 0 Å². The molecular formula is C12H20N4. The first-order valence-corrected chi connectivity index (χ1v) is 6.09. The van der Waals surface area contributed by atoms with Gasteiger partial charge in [0, 0.05) is 25.0 Å². The van der Waals surface area contributed by atoms with Crippen LogP contribution in [-0.4, -0.2) is 29.1 Å². The van der Waals surface area contributed by atoms with Gasteiger partial charge in [0.15, 0.2) is 0 Å². The second-order valence-electron chi connectivity index (χ2n) is 4.47. The predicted molar refractivity (Wildman–Crippen MR) is 65.4 cm³/mol. The molecule has 1 aromatic heterocycles. The van der Waals surface area contributed by atoms with E-state index in [-0.39, 0.29) is 0 Å². The molecule has 0 aliphatic carbocycles. The van der Waals surface area contributed by atoms with Crippen LogP contribution >= 0.6 is 0 Å². The smallest absolute Gasteiger partial charge is 0.225 e. The maximum atomic E-state index is 5.50. The monoisotopic (exact) mass is 220 g/mol. The lowest BCUT2D eigenvalue weighted by Crippen LogP contribution is -2.38. The number of hydrogen-bond acceptors (Lipinski definition) is 4. The van der Waals surface area contributed by atoms with Crippen molar-refractivity contribution in [2.75, 3.05) is 18.0 Å². The maximum Gasteiger partial charge on any atom is 0.225 e. The van der Waals surface area contributed by atoms with Gasteiger partial charge in [0.25, 0.3) is 0 Å². The minimum absolute atomic E-state index is 0.564. The second kappa shape index (κ2) is 5.25. The molecule has 1 saturated heterocycles. The number of nitrogens with two attached hydrogens (primary N) is 1. The van der Waals surface area contributed by atoms with Crippen molar-refractivity contribution in [1.82, 2.24) is 9.97 Å². The largest absolute Gasteiger partial charge is 0.338 e. The van der Waals surface area contributed by atoms with Crippen molar-refractivity contribution in [3.8, 4) is 0 Å². The van der Waals surface area contributed by atoms with Gasteiger partial charge in [0.2, 0.25) is 5.95 Å². The van der Waals surface area contributed by atoms with Crippen molar-refractivity contribution in [2.45, 2.75) is 38.6 Å². The van der Waals surface area contributed by atoms with Gasteiger partial charge in [-0.3, -0.25) is 0 Å². The molecule has 4 heteroatoms. The van der Waals surface area contributed by atoms with Gasteiger partial charge < -0.3 is 10.6 Å². The molecule has 0 radical (unpaired) electrons. The van der Waals surface area contributed by atoms with E-state index in [1.807, 2.05) is 12.4 Å². The molecule has 1 unspecified atom stereocenters. The van der Waals surface area contributed by atoms with E-state index in [2.05, 4.69) is 21.8 Å². The summed E-state index contributed by atoms with van der Waals surface area (Å²) in [5.74, 6) is 0.868. The van der Waals surface area contributed by atoms with E-state index < -0.39 is 0 Å². The maximum absolute atomic E-state index is 5.50. The Balaban J connectivity index is 2.08. The minimum Gasteiger partial charge on any atom is -0.338 e. The van der Waals surface area contributed by atoms with Crippen LogP contribution in [0.3, 0.4) is 0 Å². The van der Waals surface area contributed by atoms with Gasteiger partial charge in [0.05, 0.1) is 0 Å². The van der Waals surface area contributed by atoms with E-state index in [4.69, 9.17) is 5.73 Å². The van der Waals surface area contributed by atoms with E-state index in [1.54, 1.807) is 0 Å². The summed E-state index contributed by atoms with van der Waals surface area (Å²) in [6.45, 7) is 3.98. The number of aromatic nitrogens is 2. The highest BCUT2D eigenvalue weighted by Crippen LogP contribution is 2.20. The average Bonchev–Trinajstić information content (AvgIpc) is 2.31. The molecule has 88 valence electrons. The third-order valence-corrected chi connectivity index (χ3v) is 3.18. The van der Waals surface area contributed by atoms with Gasteiger partial charge in [0.1, 0.15) is 0 Å². The predicted octanol–water partition coefficient (Wildman–Crippen LogP) is 1.36. The van der Waals surface area contributed by atoms with E-state index in [0.29, 0.717) is 12.6 Å². The SMILES string of the molecule is CC1CCCCN1c1ncc(CCN)cn1. The average molecular weight is 220 g/mol. The van der Waals surface area contributed by atoms with Crippen molar-refractivity contribution in [3.05, 3.63) is 18.0 Å². The molecule has 16 heavy (non-hydrogen) atoms. The Morgan fingerprint density at radius 3 is 2.75 bits per heavy atom. The summed E-state index contributed by atoms with van der Waals surface area (Å²) in [5, 5.41) is 0. The van der Waals surface area contributed by atoms with Crippen LogP contribution in [0.1, 0.15) is 31.7 Å². The van der Waals surface area contributed by atoms with Gasteiger partial charge in [-0.2, -0.15) is 0 Å². The summed E-state index contributed by atoms with van der Waals surface area (Å²) in [6.07, 6.45) is 8.47. The molecule has 2 N–H and O–H groups in total. The van der Waals surface area contributed by atoms with Crippen molar-refractivity contribution in [2.24, 2.45) is 5.73 Å². The number of anilines is 1. The van der Waals surface area contributed by atoms with E-state index in [0.717, 1.165) is 24.5 Å². The van der Waals surface area contributed by atoms with E-state index in [9.17, 15) is 0 Å². The molecule has 1 aliphatic rings. The van der Waals surface area contributed by atoms with Crippen LogP contribution in [0.2, 0.25) is 0 Å². The highest BCUT2D eigenvalue weighted by Gasteiger charge is 2.20. The lowest BCUT2D eigenvalue weighted by atomic mass is 10.0. The lowest BCUT2D eigenvalue weighted by molar-refractivity contribution is 0.477. The highest BCUT2D eigenvalue weighted by atomic mass is 15.3. The van der Waals surface area contributed by atoms with E-state index >= 15 is 0 Å². The summed E-state index contributed by atoms with van der Waals surface area (Å²) in [6, 6.07) is 0.564. The van der Waals surface area contributed by atoms with Gasteiger partial charge in [-0.05, 0) is 44.7 Å². The van der Waals surface area contributed by atoms with Crippen molar-refractivity contribution in [3.63, 3.8) is 0 Å². The fraction of sp³-hybridized carbons (Fsp3) is 0.667. The molecule has 1 atom stereocenters. The molecule has 1 aliphatic heterocycles. The highest BCUT2D eigenvalue weighted by molar-refractivity contribution is 5.32. The molecule has 1 fully saturated rings. The van der Waals surface area contributed by atoms with Crippen molar-refractivity contribution >= 4 is 5.95 Å². The van der Waals surface area contributed by atoms with Crippen LogP contribution in [0, 0.1) is 0 Å². The fourth-order valence-electron chi connectivity index (χ4n) is 2.19. The normalized spacial score (nSPS) is 21.1. The first-order valence-electron chi connectivity index (χ1n) is 6.09. The van der Waals surface area contributed by atoms with Crippen molar-refractivity contribution in [1.29, 1.82) is 0 Å². The number of rotatable bonds is 3. The van der Waals surface area contributed by atoms with Crippen LogP contribution < -0.4 is 10.6 Å². The molecule has 4 nitrogen and oxygen atoms in total. The Labute approximate surface area is 96.9 Å². The number of nitrogens with zero attached hydrogens (tertiary/aromatic N) is 3. The molecule has 0 amide bonds. The Hall–Kier alpha value is -1.16. The van der Waals surface area contributed by atoms with E-state index in [1.165, 1.54) is 19.3 Å². The third kappa shape index (κ3) is 2.50. The van der Waals surface area contributed by atoms with Crippen molar-refractivity contribution < 1.29 is 0 Å². The summed E-state index contributed by atoms with van der Waals surface area (Å²) in [4.78, 5) is 11.2. The Morgan fingerprint density at radius 1 is 1.38 bits per heavy atom. The van der Waals surface area contributed by atoms with Gasteiger partial charge in [-0.15, -0.1) is 0 Å². The Kier molecular flexibility index (Phi) is 3.72. The molecule has 2 heterocycles. The zero-order valence-electron chi connectivity index (χ0n) is 9.89. The summed E-state index contributed by atoms with van der Waals surface area (Å²) < 4.78 is 0. The first kappa shape index (κ1) is 11.3. The number of piperidine rings is 1. The van der Waals surface area contributed by atoms with Gasteiger partial charge in [-0.25, -0.2) is 9.97 Å². The first-order chi connectivity index (χ1) is 7.81. The lowest BCUT2D eigenvalue weighted by Gasteiger charge is -2.33. The quantitative estimate of drug-likeness (QED) is 0.835. The minimum atomic E-state index is 0.564. The molecule has 0 bridgehead atoms. The van der Waals surface area contributed by atoms with Gasteiger partial charge >= 0.3 is 0 Å². The number of hydrogen-bond donors (Lipinski definition) is 1. The molecule has 1 aromatic rings. The molecule has 0 spiro atoms. The molecule has 2 rings (SSSR count). The molecular weight excluding hydrogens is 200 g/mol.